The Morgan fingerprint density at radius 1 is 0.853 bits per heavy atom. The molecule has 0 radical (unpaired) electrons. The van der Waals surface area contributed by atoms with E-state index in [2.05, 4.69) is 0 Å². The molecular weight excluding hydrogens is 497 g/mol. The predicted octanol–water partition coefficient (Wildman–Crippen LogP) is -1.96. The number of sulfonamides is 1. The number of nitrogens with one attached hydrogen (secondary N) is 1. The largest absolute Gasteiger partial charge is 1.00 e. The van der Waals surface area contributed by atoms with Gasteiger partial charge in [0.05, 0.1) is 38.0 Å². The first-order valence-corrected chi connectivity index (χ1v) is 11.9. The summed E-state index contributed by atoms with van der Waals surface area (Å²) in [6, 6.07) is 9.15. The fraction of sp³-hybridized carbons (Fsp3) is 0. The molecule has 1 aliphatic carbocycles. The van der Waals surface area contributed by atoms with Crippen molar-refractivity contribution < 1.29 is 65.6 Å². The molecule has 14 heteroatoms. The van der Waals surface area contributed by atoms with E-state index in [1.54, 1.807) is 0 Å². The molecule has 0 saturated carbocycles. The summed E-state index contributed by atoms with van der Waals surface area (Å²) in [5, 5.41) is 9.53. The Morgan fingerprint density at radius 2 is 1.41 bits per heavy atom. The van der Waals surface area contributed by atoms with Gasteiger partial charge in [0.25, 0.3) is 10.0 Å². The maximum absolute atomic E-state index is 13.2. The Labute approximate surface area is 215 Å². The van der Waals surface area contributed by atoms with Crippen LogP contribution in [0.5, 0.6) is 5.75 Å². The van der Waals surface area contributed by atoms with Gasteiger partial charge in [-0.2, -0.15) is 0 Å². The predicted molar refractivity (Wildman–Crippen MR) is 115 cm³/mol. The molecule has 0 amide bonds. The van der Waals surface area contributed by atoms with Crippen molar-refractivity contribution >= 4 is 48.8 Å². The third-order valence-electron chi connectivity index (χ3n) is 5.02. The second kappa shape index (κ2) is 8.69. The Morgan fingerprint density at radius 3 is 1.94 bits per heavy atom. The Bertz CT molecular complexity index is 1600. The van der Waals surface area contributed by atoms with Gasteiger partial charge in [-0.15, -0.1) is 0 Å². The summed E-state index contributed by atoms with van der Waals surface area (Å²) in [4.78, 5) is 24.8. The number of carbonyl (C=O) groups excluding carboxylic acids is 2. The number of phenols is 1. The van der Waals surface area contributed by atoms with Crippen molar-refractivity contribution in [1.29, 1.82) is 0 Å². The molecule has 3 aromatic rings. The number of benzene rings is 3. The summed E-state index contributed by atoms with van der Waals surface area (Å²) in [5.41, 5.74) is 8.45. The molecular formula is C20H14N3NaO8S2. The molecule has 0 aromatic heterocycles. The van der Waals surface area contributed by atoms with E-state index in [1.807, 2.05) is 4.72 Å². The number of carbonyl (C=O) groups is 2. The zero-order chi connectivity index (χ0) is 24.3. The van der Waals surface area contributed by atoms with Gasteiger partial charge in [0.1, 0.15) is 15.9 Å². The van der Waals surface area contributed by atoms with Crippen LogP contribution in [-0.2, 0) is 20.1 Å². The minimum atomic E-state index is -5.27. The average Bonchev–Trinajstić information content (AvgIpc) is 2.73. The van der Waals surface area contributed by atoms with Gasteiger partial charge in [0.2, 0.25) is 0 Å². The number of nitrogen functional groups attached to an aromatic ring is 2. The number of hydrogen-bond donors (Lipinski definition) is 4. The average molecular weight is 511 g/mol. The fourth-order valence-corrected chi connectivity index (χ4v) is 5.22. The molecule has 3 aromatic carbocycles. The van der Waals surface area contributed by atoms with E-state index >= 15 is 0 Å². The van der Waals surface area contributed by atoms with Crippen molar-refractivity contribution in [2.45, 2.75) is 9.79 Å². The zero-order valence-electron chi connectivity index (χ0n) is 17.4. The first-order chi connectivity index (χ1) is 15.3. The van der Waals surface area contributed by atoms with E-state index in [1.165, 1.54) is 24.3 Å². The summed E-state index contributed by atoms with van der Waals surface area (Å²) >= 11 is 0. The van der Waals surface area contributed by atoms with Crippen LogP contribution in [-0.4, -0.2) is 38.1 Å². The second-order valence-corrected chi connectivity index (χ2v) is 10.1. The monoisotopic (exact) mass is 511 g/mol. The van der Waals surface area contributed by atoms with Crippen molar-refractivity contribution in [3.05, 3.63) is 70.8 Å². The number of ketones is 2. The van der Waals surface area contributed by atoms with Crippen LogP contribution >= 0.6 is 0 Å². The molecule has 0 fully saturated rings. The van der Waals surface area contributed by atoms with Gasteiger partial charge in [0, 0.05) is 11.1 Å². The first kappa shape index (κ1) is 25.7. The molecule has 1 aliphatic rings. The molecule has 0 unspecified atom stereocenters. The Kier molecular flexibility index (Phi) is 6.56. The molecule has 170 valence electrons. The summed E-state index contributed by atoms with van der Waals surface area (Å²) in [5.74, 6) is -2.03. The van der Waals surface area contributed by atoms with Gasteiger partial charge in [-0.25, -0.2) is 16.8 Å². The van der Waals surface area contributed by atoms with Crippen LogP contribution < -0.4 is 45.7 Å². The number of rotatable bonds is 4. The third kappa shape index (κ3) is 4.17. The molecule has 4 rings (SSSR count). The molecule has 11 nitrogen and oxygen atoms in total. The summed E-state index contributed by atoms with van der Waals surface area (Å²) in [7, 11) is -9.79. The Balaban J connectivity index is 0.00000324. The van der Waals surface area contributed by atoms with Crippen LogP contribution in [0.3, 0.4) is 0 Å². The van der Waals surface area contributed by atoms with Gasteiger partial charge in [-0.05, 0) is 24.3 Å². The minimum absolute atomic E-state index is 0. The van der Waals surface area contributed by atoms with Crippen LogP contribution in [0.4, 0.5) is 17.1 Å². The quantitative estimate of drug-likeness (QED) is 0.103. The second-order valence-electron chi connectivity index (χ2n) is 7.07. The van der Waals surface area contributed by atoms with E-state index in [4.69, 9.17) is 11.5 Å². The van der Waals surface area contributed by atoms with Gasteiger partial charge in [-0.3, -0.25) is 14.3 Å². The van der Waals surface area contributed by atoms with Crippen LogP contribution in [0.1, 0.15) is 31.8 Å². The molecule has 0 spiro atoms. The standard InChI is InChI=1S/C20H15N3O8S2.Na/c21-12-7-9(5-6-14(12)24)32(27,28)23-13-8-15(33(29,30)31)18(22)17-16(13)19(25)10-3-1-2-4-11(10)20(17)26;/h1-8,23-24H,21-22H2,(H,29,30,31);/q;+1/p-1. The minimum Gasteiger partial charge on any atom is -0.744 e. The molecule has 0 atom stereocenters. The zero-order valence-corrected chi connectivity index (χ0v) is 21.0. The number of phenolic OH excluding ortho intramolecular Hbond substituents is 1. The molecule has 0 saturated heterocycles. The van der Waals surface area contributed by atoms with E-state index < -0.39 is 64.0 Å². The summed E-state index contributed by atoms with van der Waals surface area (Å²) in [6.45, 7) is 0. The topological polar surface area (TPSA) is 210 Å². The number of hydrogen-bond acceptors (Lipinski definition) is 10. The third-order valence-corrected chi connectivity index (χ3v) is 7.26. The van der Waals surface area contributed by atoms with Crippen LogP contribution in [0.25, 0.3) is 0 Å². The van der Waals surface area contributed by atoms with E-state index in [0.29, 0.717) is 6.07 Å². The molecule has 34 heavy (non-hydrogen) atoms. The van der Waals surface area contributed by atoms with Gasteiger partial charge < -0.3 is 21.1 Å². The number of aromatic hydroxyl groups is 1. The van der Waals surface area contributed by atoms with Crippen molar-refractivity contribution in [2.24, 2.45) is 0 Å². The molecule has 0 aliphatic heterocycles. The normalized spacial score (nSPS) is 13.0. The number of nitrogens with two attached hydrogens (primary N) is 2. The van der Waals surface area contributed by atoms with Gasteiger partial charge >= 0.3 is 29.6 Å². The summed E-state index contributed by atoms with van der Waals surface area (Å²) in [6.07, 6.45) is 0. The summed E-state index contributed by atoms with van der Waals surface area (Å²) < 4.78 is 63.3. The SMILES string of the molecule is Nc1cc(S(=O)(=O)Nc2cc(S(=O)(=O)[O-])c(N)c3c2C(=O)c2ccccc2C3=O)ccc1O.[Na+]. The Hall–Kier alpha value is -2.94. The van der Waals surface area contributed by atoms with Crippen molar-refractivity contribution in [3.8, 4) is 5.75 Å². The number of fused-ring (bicyclic) bond motifs is 2. The van der Waals surface area contributed by atoms with E-state index in [0.717, 1.165) is 18.2 Å². The van der Waals surface area contributed by atoms with Gasteiger partial charge in [-0.1, -0.05) is 24.3 Å². The van der Waals surface area contributed by atoms with E-state index in [9.17, 15) is 36.1 Å². The first-order valence-electron chi connectivity index (χ1n) is 9.05. The maximum Gasteiger partial charge on any atom is 1.00 e. The van der Waals surface area contributed by atoms with Crippen molar-refractivity contribution in [3.63, 3.8) is 0 Å². The maximum atomic E-state index is 13.2. The smallest absolute Gasteiger partial charge is 0.744 e. The van der Waals surface area contributed by atoms with Crippen molar-refractivity contribution in [2.75, 3.05) is 16.2 Å². The van der Waals surface area contributed by atoms with Gasteiger partial charge in [0.15, 0.2) is 11.6 Å². The van der Waals surface area contributed by atoms with Crippen LogP contribution in [0, 0.1) is 0 Å². The fourth-order valence-electron chi connectivity index (χ4n) is 3.48. The molecule has 6 N–H and O–H groups in total. The molecule has 0 heterocycles. The van der Waals surface area contributed by atoms with Crippen molar-refractivity contribution in [1.82, 2.24) is 0 Å². The number of anilines is 3. The molecule has 0 bridgehead atoms. The van der Waals surface area contributed by atoms with E-state index in [-0.39, 0.29) is 52.1 Å². The van der Waals surface area contributed by atoms with Crippen LogP contribution in [0.15, 0.2) is 58.3 Å². The van der Waals surface area contributed by atoms with Crippen LogP contribution in [0.2, 0.25) is 0 Å².